The fourth-order valence-corrected chi connectivity index (χ4v) is 2.95. The van der Waals surface area contributed by atoms with Crippen LogP contribution in [-0.2, 0) is 4.74 Å². The molecule has 0 bridgehead atoms. The number of fused-ring (bicyclic) bond motifs is 1. The van der Waals surface area contributed by atoms with Gasteiger partial charge in [0.1, 0.15) is 12.3 Å². The highest BCUT2D eigenvalue weighted by Crippen LogP contribution is 2.18. The summed E-state index contributed by atoms with van der Waals surface area (Å²) in [6.07, 6.45) is 3.45. The van der Waals surface area contributed by atoms with E-state index in [0.717, 1.165) is 49.9 Å². The maximum atomic E-state index is 5.96. The fraction of sp³-hybridized carbons (Fsp3) is 0.333. The van der Waals surface area contributed by atoms with E-state index in [0.29, 0.717) is 12.3 Å². The fourth-order valence-electron chi connectivity index (χ4n) is 2.95. The first-order valence-corrected chi connectivity index (χ1v) is 9.14. The molecule has 0 unspecified atom stereocenters. The first-order chi connectivity index (χ1) is 13.3. The molecule has 3 aromatic rings. The Hall–Kier alpha value is -2.88. The van der Waals surface area contributed by atoms with Crippen LogP contribution in [0.25, 0.3) is 5.65 Å². The van der Waals surface area contributed by atoms with Crippen LogP contribution in [0.3, 0.4) is 0 Å². The van der Waals surface area contributed by atoms with Gasteiger partial charge in [0.25, 0.3) is 0 Å². The van der Waals surface area contributed by atoms with Crippen LogP contribution in [0.5, 0.6) is 5.75 Å². The van der Waals surface area contributed by atoms with Crippen LogP contribution >= 0.6 is 0 Å². The van der Waals surface area contributed by atoms with Crippen LogP contribution in [0, 0.1) is 18.8 Å². The molecule has 6 heteroatoms. The number of morpholine rings is 1. The van der Waals surface area contributed by atoms with Crippen LogP contribution in [-0.4, -0.2) is 59.0 Å². The lowest BCUT2D eigenvalue weighted by molar-refractivity contribution is 0.0323. The van der Waals surface area contributed by atoms with E-state index in [4.69, 9.17) is 9.47 Å². The van der Waals surface area contributed by atoms with Gasteiger partial charge in [-0.2, -0.15) is 5.10 Å². The van der Waals surface area contributed by atoms with Gasteiger partial charge in [-0.15, -0.1) is 0 Å². The molecule has 0 amide bonds. The minimum atomic E-state index is 0.608. The molecule has 1 aliphatic rings. The van der Waals surface area contributed by atoms with Gasteiger partial charge < -0.3 is 9.47 Å². The molecular weight excluding hydrogens is 340 g/mol. The Morgan fingerprint density at radius 1 is 1.11 bits per heavy atom. The summed E-state index contributed by atoms with van der Waals surface area (Å²) in [5, 5.41) is 4.37. The van der Waals surface area contributed by atoms with Crippen LogP contribution in [0.2, 0.25) is 0 Å². The number of hydrogen-bond donors (Lipinski definition) is 0. The number of imidazole rings is 1. The van der Waals surface area contributed by atoms with Gasteiger partial charge >= 0.3 is 0 Å². The maximum Gasteiger partial charge on any atom is 0.197 e. The second-order valence-corrected chi connectivity index (χ2v) is 6.49. The lowest BCUT2D eigenvalue weighted by atomic mass is 10.1. The summed E-state index contributed by atoms with van der Waals surface area (Å²) < 4.78 is 13.1. The number of ether oxygens (including phenoxy) is 2. The average molecular weight is 362 g/mol. The highest BCUT2D eigenvalue weighted by atomic mass is 16.5. The SMILES string of the molecule is Cc1ccc(C#Cc2cnc3c(OCCN4CCOCC4)ccnn23)cc1. The quantitative estimate of drug-likeness (QED) is 0.666. The van der Waals surface area contributed by atoms with Crippen molar-refractivity contribution in [3.63, 3.8) is 0 Å². The van der Waals surface area contributed by atoms with E-state index in [1.807, 2.05) is 18.2 Å². The third-order valence-electron chi connectivity index (χ3n) is 4.52. The maximum absolute atomic E-state index is 5.96. The van der Waals surface area contributed by atoms with Gasteiger partial charge in [-0.05, 0) is 25.0 Å². The number of aryl methyl sites for hydroxylation is 1. The van der Waals surface area contributed by atoms with Crippen molar-refractivity contribution in [2.75, 3.05) is 39.5 Å². The second-order valence-electron chi connectivity index (χ2n) is 6.49. The molecule has 2 aromatic heterocycles. The van der Waals surface area contributed by atoms with Crippen molar-refractivity contribution < 1.29 is 9.47 Å². The van der Waals surface area contributed by atoms with Crippen molar-refractivity contribution in [1.29, 1.82) is 0 Å². The lowest BCUT2D eigenvalue weighted by Crippen LogP contribution is -2.38. The minimum Gasteiger partial charge on any atom is -0.488 e. The Kier molecular flexibility index (Phi) is 5.33. The summed E-state index contributed by atoms with van der Waals surface area (Å²) in [7, 11) is 0. The van der Waals surface area contributed by atoms with Crippen molar-refractivity contribution in [3.05, 3.63) is 59.5 Å². The van der Waals surface area contributed by atoms with E-state index >= 15 is 0 Å². The number of aromatic nitrogens is 3. The van der Waals surface area contributed by atoms with E-state index in [2.05, 4.69) is 45.9 Å². The Labute approximate surface area is 158 Å². The van der Waals surface area contributed by atoms with Crippen LogP contribution < -0.4 is 4.74 Å². The van der Waals surface area contributed by atoms with Crippen molar-refractivity contribution >= 4 is 5.65 Å². The Balaban J connectivity index is 1.47. The highest BCUT2D eigenvalue weighted by Gasteiger charge is 2.12. The molecule has 0 saturated carbocycles. The molecule has 0 N–H and O–H groups in total. The summed E-state index contributed by atoms with van der Waals surface area (Å²) >= 11 is 0. The van der Waals surface area contributed by atoms with E-state index in [1.165, 1.54) is 5.56 Å². The third kappa shape index (κ3) is 4.27. The standard InChI is InChI=1S/C21H22N4O2/c1-17-2-4-18(5-3-17)6-7-19-16-22-21-20(8-9-23-25(19)21)27-15-12-24-10-13-26-14-11-24/h2-5,8-9,16H,10-15H2,1H3. The number of rotatable bonds is 4. The van der Waals surface area contributed by atoms with Gasteiger partial charge in [0.05, 0.1) is 25.6 Å². The molecule has 27 heavy (non-hydrogen) atoms. The second kappa shape index (κ2) is 8.21. The molecule has 1 saturated heterocycles. The molecule has 1 aromatic carbocycles. The summed E-state index contributed by atoms with van der Waals surface area (Å²) in [6.45, 7) is 7.04. The molecule has 3 heterocycles. The lowest BCUT2D eigenvalue weighted by Gasteiger charge is -2.26. The largest absolute Gasteiger partial charge is 0.488 e. The third-order valence-corrected chi connectivity index (χ3v) is 4.52. The number of hydrogen-bond acceptors (Lipinski definition) is 5. The first-order valence-electron chi connectivity index (χ1n) is 9.14. The molecule has 0 atom stereocenters. The molecule has 4 rings (SSSR count). The summed E-state index contributed by atoms with van der Waals surface area (Å²) in [6, 6.07) is 9.98. The van der Waals surface area contributed by atoms with Crippen molar-refractivity contribution in [2.24, 2.45) is 0 Å². The minimum absolute atomic E-state index is 0.608. The molecule has 0 radical (unpaired) electrons. The van der Waals surface area contributed by atoms with Crippen molar-refractivity contribution in [2.45, 2.75) is 6.92 Å². The Morgan fingerprint density at radius 3 is 2.74 bits per heavy atom. The first kappa shape index (κ1) is 17.5. The van der Waals surface area contributed by atoms with Gasteiger partial charge in [-0.25, -0.2) is 9.50 Å². The average Bonchev–Trinajstić information content (AvgIpc) is 3.12. The van der Waals surface area contributed by atoms with E-state index in [9.17, 15) is 0 Å². The molecule has 138 valence electrons. The van der Waals surface area contributed by atoms with Gasteiger partial charge in [-0.3, -0.25) is 4.90 Å². The normalized spacial score (nSPS) is 14.7. The number of benzene rings is 1. The zero-order chi connectivity index (χ0) is 18.5. The molecular formula is C21H22N4O2. The van der Waals surface area contributed by atoms with Crippen molar-refractivity contribution in [1.82, 2.24) is 19.5 Å². The molecule has 0 spiro atoms. The summed E-state index contributed by atoms with van der Waals surface area (Å²) in [5.41, 5.74) is 3.61. The smallest absolute Gasteiger partial charge is 0.197 e. The van der Waals surface area contributed by atoms with Crippen LogP contribution in [0.1, 0.15) is 16.8 Å². The zero-order valence-corrected chi connectivity index (χ0v) is 15.4. The predicted molar refractivity (Wildman–Crippen MR) is 103 cm³/mol. The van der Waals surface area contributed by atoms with Crippen LogP contribution in [0.15, 0.2) is 42.7 Å². The molecule has 1 fully saturated rings. The van der Waals surface area contributed by atoms with Gasteiger partial charge in [0.2, 0.25) is 0 Å². The van der Waals surface area contributed by atoms with Gasteiger partial charge in [0.15, 0.2) is 11.4 Å². The van der Waals surface area contributed by atoms with E-state index in [-0.39, 0.29) is 0 Å². The summed E-state index contributed by atoms with van der Waals surface area (Å²) in [5.74, 6) is 7.03. The van der Waals surface area contributed by atoms with E-state index < -0.39 is 0 Å². The molecule has 6 nitrogen and oxygen atoms in total. The van der Waals surface area contributed by atoms with Gasteiger partial charge in [0, 0.05) is 31.3 Å². The number of nitrogens with zero attached hydrogens (tertiary/aromatic N) is 4. The molecule has 1 aliphatic heterocycles. The zero-order valence-electron chi connectivity index (χ0n) is 15.4. The highest BCUT2D eigenvalue weighted by molar-refractivity contribution is 5.55. The van der Waals surface area contributed by atoms with Gasteiger partial charge in [-0.1, -0.05) is 23.6 Å². The van der Waals surface area contributed by atoms with E-state index in [1.54, 1.807) is 16.9 Å². The Morgan fingerprint density at radius 2 is 1.93 bits per heavy atom. The predicted octanol–water partition coefficient (Wildman–Crippen LogP) is 2.15. The monoisotopic (exact) mass is 362 g/mol. The summed E-state index contributed by atoms with van der Waals surface area (Å²) in [4.78, 5) is 6.79. The molecule has 0 aliphatic carbocycles. The Bertz CT molecular complexity index is 963. The van der Waals surface area contributed by atoms with Crippen LogP contribution in [0.4, 0.5) is 0 Å². The van der Waals surface area contributed by atoms with Crippen molar-refractivity contribution in [3.8, 4) is 17.6 Å². The topological polar surface area (TPSA) is 51.9 Å².